The molecule has 0 aromatic rings. The minimum absolute atomic E-state index is 0.000204. The van der Waals surface area contributed by atoms with E-state index < -0.39 is 110 Å². The molecule has 0 aromatic carbocycles. The summed E-state index contributed by atoms with van der Waals surface area (Å²) in [5, 5.41) is 133. The first kappa shape index (κ1) is 63.9. The first-order chi connectivity index (χ1) is 31.7. The fourth-order valence-electron chi connectivity index (χ4n) is 7.08. The predicted octanol–water partition coefficient (Wildman–Crippen LogP) is -1.35. The Hall–Kier alpha value is -2.16. The maximum Gasteiger partial charge on any atom is 0.158 e. The van der Waals surface area contributed by atoms with Gasteiger partial charge in [0, 0.05) is 32.1 Å². The number of Topliss-reactive ketones (excluding diaryl/α,β-unsaturated/α-hetero) is 1. The van der Waals surface area contributed by atoms with E-state index in [0.29, 0.717) is 25.2 Å². The van der Waals surface area contributed by atoms with Gasteiger partial charge in [-0.2, -0.15) is 0 Å². The molecule has 4 heterocycles. The fraction of sp³-hybridized carbons (Fsp3) is 0.833. The molecule has 4 rings (SSSR count). The van der Waals surface area contributed by atoms with Crippen LogP contribution < -0.4 is 0 Å². The Kier molecular flexibility index (Phi) is 30.7. The number of aliphatic hydroxyl groups is 14. The zero-order valence-electron chi connectivity index (χ0n) is 41.1. The first-order valence-electron chi connectivity index (χ1n) is 23.6. The summed E-state index contributed by atoms with van der Waals surface area (Å²) in [5.74, 6) is 0.586. The average Bonchev–Trinajstić information content (AvgIpc) is 3.27. The van der Waals surface area contributed by atoms with E-state index in [0.717, 1.165) is 17.6 Å². The lowest BCUT2D eigenvalue weighted by molar-refractivity contribution is -0.193. The molecule has 4 aliphatic heterocycles. The second-order valence-electron chi connectivity index (χ2n) is 19.5. The van der Waals surface area contributed by atoms with Crippen LogP contribution in [0.25, 0.3) is 0 Å². The van der Waals surface area contributed by atoms with Crippen molar-refractivity contribution in [2.24, 2.45) is 11.8 Å². The van der Waals surface area contributed by atoms with Gasteiger partial charge in [0.2, 0.25) is 0 Å². The van der Waals surface area contributed by atoms with E-state index in [9.17, 15) is 81.1 Å². The van der Waals surface area contributed by atoms with Gasteiger partial charge in [-0.05, 0) is 64.9 Å². The van der Waals surface area contributed by atoms with E-state index >= 15 is 0 Å². The van der Waals surface area contributed by atoms with Crippen LogP contribution in [0.1, 0.15) is 107 Å². The molecule has 0 aliphatic carbocycles. The number of hydrogen-bond donors (Lipinski definition) is 14. The van der Waals surface area contributed by atoms with Crippen molar-refractivity contribution in [3.05, 3.63) is 35.5 Å². The van der Waals surface area contributed by atoms with Gasteiger partial charge in [-0.25, -0.2) is 0 Å². The van der Waals surface area contributed by atoms with Gasteiger partial charge >= 0.3 is 0 Å². The minimum atomic E-state index is -1.25. The van der Waals surface area contributed by atoms with Gasteiger partial charge in [0.1, 0.15) is 79.0 Å². The SMILES string of the molecule is CC(C)/C=C/C(=O)C[C@@H]1OC[C@@H](O)[C@H](O)[C@H]1O.CC(C)=CCC(=O)C[C@@H]1OC[C@@H](O)[C@H](O)[C@H]1O.CC(C)=CCC(O)C[C@@H]1OC[C@@H](O)[C@H](O)[C@H]1O.CC(C)CCC(O)C[C@@H]1OC[C@@H](O)[C@H](O)[C@H]1O. The Morgan fingerprint density at radius 1 is 0.500 bits per heavy atom. The Balaban J connectivity index is 0.000000453. The molecule has 4 saturated heterocycles. The third kappa shape index (κ3) is 24.3. The summed E-state index contributed by atoms with van der Waals surface area (Å²) < 4.78 is 20.7. The van der Waals surface area contributed by atoms with Crippen LogP contribution in [0, 0.1) is 11.8 Å². The molecule has 0 saturated carbocycles. The number of carbonyl (C=O) groups is 2. The van der Waals surface area contributed by atoms with E-state index in [1.165, 1.54) is 6.08 Å². The average molecular weight is 983 g/mol. The quantitative estimate of drug-likeness (QED) is 0.0592. The highest BCUT2D eigenvalue weighted by molar-refractivity contribution is 5.90. The minimum Gasteiger partial charge on any atom is -0.393 e. The van der Waals surface area contributed by atoms with E-state index in [1.807, 2.05) is 53.7 Å². The highest BCUT2D eigenvalue weighted by Gasteiger charge is 2.41. The molecule has 0 aromatic heterocycles. The number of carbonyl (C=O) groups excluding carboxylic acids is 2. The molecule has 398 valence electrons. The van der Waals surface area contributed by atoms with Crippen molar-refractivity contribution in [1.29, 1.82) is 0 Å². The lowest BCUT2D eigenvalue weighted by atomic mass is 9.94. The van der Waals surface area contributed by atoms with Crippen LogP contribution in [0.4, 0.5) is 0 Å². The Morgan fingerprint density at radius 3 is 1.25 bits per heavy atom. The fourth-order valence-corrected chi connectivity index (χ4v) is 7.08. The van der Waals surface area contributed by atoms with Gasteiger partial charge in [0.25, 0.3) is 0 Å². The molecule has 0 spiro atoms. The van der Waals surface area contributed by atoms with Crippen molar-refractivity contribution in [2.45, 2.75) is 217 Å². The van der Waals surface area contributed by atoms with E-state index in [1.54, 1.807) is 6.08 Å². The van der Waals surface area contributed by atoms with Gasteiger partial charge < -0.3 is 90.4 Å². The molecule has 2 unspecified atom stereocenters. The maximum atomic E-state index is 11.6. The third-order valence-corrected chi connectivity index (χ3v) is 11.5. The number of hydrogen-bond acceptors (Lipinski definition) is 20. The number of aliphatic hydroxyl groups excluding tert-OH is 14. The molecule has 18 atom stereocenters. The molecular formula is C48H86O20. The molecule has 4 aliphatic rings. The van der Waals surface area contributed by atoms with Crippen LogP contribution in [0.2, 0.25) is 0 Å². The smallest absolute Gasteiger partial charge is 0.158 e. The maximum absolute atomic E-state index is 11.6. The largest absolute Gasteiger partial charge is 0.393 e. The van der Waals surface area contributed by atoms with E-state index in [-0.39, 0.29) is 69.6 Å². The Bertz CT molecular complexity index is 1500. The molecule has 68 heavy (non-hydrogen) atoms. The lowest BCUT2D eigenvalue weighted by Gasteiger charge is -2.36. The van der Waals surface area contributed by atoms with Crippen molar-refractivity contribution in [3.63, 3.8) is 0 Å². The van der Waals surface area contributed by atoms with Crippen LogP contribution >= 0.6 is 0 Å². The van der Waals surface area contributed by atoms with Gasteiger partial charge in [0.05, 0.1) is 63.1 Å². The molecule has 0 bridgehead atoms. The summed E-state index contributed by atoms with van der Waals surface area (Å²) in [6.45, 7) is 15.6. The summed E-state index contributed by atoms with van der Waals surface area (Å²) in [5.41, 5.74) is 2.17. The summed E-state index contributed by atoms with van der Waals surface area (Å²) in [6.07, 6.45) is -7.89. The van der Waals surface area contributed by atoms with E-state index in [4.69, 9.17) is 18.9 Å². The number of ether oxygens (including phenoxy) is 4. The normalized spacial score (nSPS) is 34.8. The number of allylic oxidation sites excluding steroid dienone is 5. The van der Waals surface area contributed by atoms with Gasteiger partial charge in [0.15, 0.2) is 5.78 Å². The van der Waals surface area contributed by atoms with Gasteiger partial charge in [-0.1, -0.05) is 57.1 Å². The predicted molar refractivity (Wildman–Crippen MR) is 248 cm³/mol. The second kappa shape index (κ2) is 32.7. The third-order valence-electron chi connectivity index (χ3n) is 11.5. The lowest BCUT2D eigenvalue weighted by Crippen LogP contribution is -2.53. The topological polar surface area (TPSA) is 354 Å². The Labute approximate surface area is 401 Å². The van der Waals surface area contributed by atoms with Gasteiger partial charge in [-0.15, -0.1) is 0 Å². The summed E-state index contributed by atoms with van der Waals surface area (Å²) in [4.78, 5) is 23.1. The number of rotatable bonds is 17. The van der Waals surface area contributed by atoms with Crippen LogP contribution in [-0.2, 0) is 28.5 Å². The highest BCUT2D eigenvalue weighted by atomic mass is 16.5. The van der Waals surface area contributed by atoms with Crippen molar-refractivity contribution in [3.8, 4) is 0 Å². The highest BCUT2D eigenvalue weighted by Crippen LogP contribution is 2.24. The van der Waals surface area contributed by atoms with Crippen LogP contribution in [0.3, 0.4) is 0 Å². The number of ketones is 2. The second-order valence-corrected chi connectivity index (χ2v) is 19.5. The zero-order chi connectivity index (χ0) is 52.0. The molecule has 4 fully saturated rings. The van der Waals surface area contributed by atoms with Crippen LogP contribution in [-0.4, -0.2) is 219 Å². The molecule has 0 amide bonds. The molecule has 20 heteroatoms. The van der Waals surface area contributed by atoms with Gasteiger partial charge in [-0.3, -0.25) is 9.59 Å². The molecular weight excluding hydrogens is 897 g/mol. The first-order valence-corrected chi connectivity index (χ1v) is 23.6. The van der Waals surface area contributed by atoms with E-state index in [2.05, 4.69) is 13.8 Å². The van der Waals surface area contributed by atoms with Crippen molar-refractivity contribution < 1.29 is 100 Å². The zero-order valence-corrected chi connectivity index (χ0v) is 41.1. The van der Waals surface area contributed by atoms with Crippen molar-refractivity contribution in [2.75, 3.05) is 26.4 Å². The summed E-state index contributed by atoms with van der Waals surface area (Å²) >= 11 is 0. The Morgan fingerprint density at radius 2 is 0.868 bits per heavy atom. The molecule has 20 nitrogen and oxygen atoms in total. The molecule has 14 N–H and O–H groups in total. The van der Waals surface area contributed by atoms with Crippen molar-refractivity contribution >= 4 is 11.6 Å². The van der Waals surface area contributed by atoms with Crippen molar-refractivity contribution in [1.82, 2.24) is 0 Å². The standard InChI is InChI=1S/C12H24O5.C12H22O5.2C12H20O5/c4*1-7(2)3-4-8(13)5-10-12(16)11(15)9(14)6-17-10/h7-16H,3-6H2,1-2H3;3,8-16H,4-6H2,1-2H3;3,9-12,14-16H,4-6H2,1-2H3;3-4,7,9-12,14-16H,5-6H2,1-2H3/b;;;4-3+/t2*8?,9-,10+,11+,12+;2*9-,10+,11+,12+/m1111/s1. The monoisotopic (exact) mass is 983 g/mol. The van der Waals surface area contributed by atoms with Crippen LogP contribution in [0.15, 0.2) is 35.5 Å². The summed E-state index contributed by atoms with van der Waals surface area (Å²) in [7, 11) is 0. The van der Waals surface area contributed by atoms with Crippen LogP contribution in [0.5, 0.6) is 0 Å². The summed E-state index contributed by atoms with van der Waals surface area (Å²) in [6, 6.07) is 0. The molecule has 0 radical (unpaired) electrons.